The lowest BCUT2D eigenvalue weighted by Crippen LogP contribution is -2.33. The standard InChI is InChI=1S/C21H22N4O/c1-15-9-3-4-10-16(15)24-21(26)19-20(25-13-7-2-8-14-25)23-18-12-6-5-11-17(18)22-19/h3-6,9-12H,2,7-8,13-14H2,1H3,(H,24,26). The second-order valence-electron chi connectivity index (χ2n) is 6.70. The molecule has 1 aliphatic heterocycles. The van der Waals surface area contributed by atoms with E-state index in [1.165, 1.54) is 6.42 Å². The van der Waals surface area contributed by atoms with Crippen LogP contribution in [0.2, 0.25) is 0 Å². The van der Waals surface area contributed by atoms with E-state index >= 15 is 0 Å². The average Bonchev–Trinajstić information content (AvgIpc) is 2.69. The molecule has 26 heavy (non-hydrogen) atoms. The predicted molar refractivity (Wildman–Crippen MR) is 105 cm³/mol. The molecule has 1 fully saturated rings. The smallest absolute Gasteiger partial charge is 0.278 e. The molecule has 3 aromatic rings. The lowest BCUT2D eigenvalue weighted by molar-refractivity contribution is 0.102. The molecular weight excluding hydrogens is 324 g/mol. The van der Waals surface area contributed by atoms with Gasteiger partial charge in [-0.05, 0) is 49.9 Å². The molecule has 4 rings (SSSR count). The van der Waals surface area contributed by atoms with Crippen molar-refractivity contribution in [2.75, 3.05) is 23.3 Å². The molecule has 1 saturated heterocycles. The van der Waals surface area contributed by atoms with E-state index in [0.717, 1.165) is 48.2 Å². The van der Waals surface area contributed by atoms with Crippen LogP contribution in [0.25, 0.3) is 11.0 Å². The Morgan fingerprint density at radius 3 is 2.31 bits per heavy atom. The highest BCUT2D eigenvalue weighted by Gasteiger charge is 2.23. The molecule has 1 aliphatic rings. The molecule has 0 spiro atoms. The maximum absolute atomic E-state index is 13.0. The van der Waals surface area contributed by atoms with Crippen molar-refractivity contribution in [2.45, 2.75) is 26.2 Å². The van der Waals surface area contributed by atoms with E-state index in [1.807, 2.05) is 55.5 Å². The molecule has 5 nitrogen and oxygen atoms in total. The first-order valence-electron chi connectivity index (χ1n) is 9.11. The van der Waals surface area contributed by atoms with Crippen molar-refractivity contribution in [1.29, 1.82) is 0 Å². The van der Waals surface area contributed by atoms with Crippen molar-refractivity contribution in [3.05, 3.63) is 59.8 Å². The van der Waals surface area contributed by atoms with Crippen LogP contribution in [-0.4, -0.2) is 29.0 Å². The summed E-state index contributed by atoms with van der Waals surface area (Å²) in [6.07, 6.45) is 3.46. The minimum Gasteiger partial charge on any atom is -0.355 e. The summed E-state index contributed by atoms with van der Waals surface area (Å²) < 4.78 is 0. The molecule has 0 atom stereocenters. The topological polar surface area (TPSA) is 58.1 Å². The van der Waals surface area contributed by atoms with Crippen molar-refractivity contribution < 1.29 is 4.79 Å². The van der Waals surface area contributed by atoms with Crippen molar-refractivity contribution in [3.8, 4) is 0 Å². The molecule has 0 saturated carbocycles. The van der Waals surface area contributed by atoms with Gasteiger partial charge in [0.2, 0.25) is 0 Å². The number of carbonyl (C=O) groups excluding carboxylic acids is 1. The summed E-state index contributed by atoms with van der Waals surface area (Å²) in [7, 11) is 0. The van der Waals surface area contributed by atoms with Gasteiger partial charge in [-0.3, -0.25) is 4.79 Å². The molecule has 0 unspecified atom stereocenters. The van der Waals surface area contributed by atoms with E-state index in [2.05, 4.69) is 15.2 Å². The molecule has 1 aromatic heterocycles. The summed E-state index contributed by atoms with van der Waals surface area (Å²) in [5.74, 6) is 0.479. The van der Waals surface area contributed by atoms with Gasteiger partial charge in [0.15, 0.2) is 11.5 Å². The molecule has 1 N–H and O–H groups in total. The van der Waals surface area contributed by atoms with Crippen LogP contribution in [0.5, 0.6) is 0 Å². The quantitative estimate of drug-likeness (QED) is 0.773. The lowest BCUT2D eigenvalue weighted by atomic mass is 10.1. The average molecular weight is 346 g/mol. The Hall–Kier alpha value is -2.95. The van der Waals surface area contributed by atoms with Gasteiger partial charge in [-0.2, -0.15) is 0 Å². The van der Waals surface area contributed by atoms with Gasteiger partial charge >= 0.3 is 0 Å². The van der Waals surface area contributed by atoms with E-state index in [-0.39, 0.29) is 5.91 Å². The molecule has 0 aliphatic carbocycles. The van der Waals surface area contributed by atoms with Gasteiger partial charge in [-0.15, -0.1) is 0 Å². The number of hydrogen-bond donors (Lipinski definition) is 1. The van der Waals surface area contributed by atoms with E-state index in [4.69, 9.17) is 4.98 Å². The van der Waals surface area contributed by atoms with Gasteiger partial charge in [0.25, 0.3) is 5.91 Å². The number of rotatable bonds is 3. The van der Waals surface area contributed by atoms with Crippen LogP contribution in [0, 0.1) is 6.92 Å². The SMILES string of the molecule is Cc1ccccc1NC(=O)c1nc2ccccc2nc1N1CCCCC1. The number of carbonyl (C=O) groups is 1. The monoisotopic (exact) mass is 346 g/mol. The van der Waals surface area contributed by atoms with Crippen LogP contribution in [0.1, 0.15) is 35.3 Å². The first-order valence-corrected chi connectivity index (χ1v) is 9.11. The molecule has 2 aromatic carbocycles. The second-order valence-corrected chi connectivity index (χ2v) is 6.70. The highest BCUT2D eigenvalue weighted by Crippen LogP contribution is 2.25. The minimum atomic E-state index is -0.210. The maximum atomic E-state index is 13.0. The van der Waals surface area contributed by atoms with Crippen LogP contribution in [0.3, 0.4) is 0 Å². The predicted octanol–water partition coefficient (Wildman–Crippen LogP) is 4.18. The first-order chi connectivity index (χ1) is 12.7. The third-order valence-electron chi connectivity index (χ3n) is 4.82. The summed E-state index contributed by atoms with van der Waals surface area (Å²) in [5.41, 5.74) is 3.78. The zero-order valence-electron chi connectivity index (χ0n) is 14.9. The van der Waals surface area contributed by atoms with Gasteiger partial charge in [0, 0.05) is 18.8 Å². The Bertz CT molecular complexity index is 948. The zero-order valence-corrected chi connectivity index (χ0v) is 14.9. The van der Waals surface area contributed by atoms with Crippen LogP contribution < -0.4 is 10.2 Å². The Balaban J connectivity index is 1.76. The fourth-order valence-corrected chi connectivity index (χ4v) is 3.36. The van der Waals surface area contributed by atoms with Crippen LogP contribution in [0.4, 0.5) is 11.5 Å². The van der Waals surface area contributed by atoms with Crippen molar-refractivity contribution in [2.24, 2.45) is 0 Å². The van der Waals surface area contributed by atoms with Gasteiger partial charge in [-0.1, -0.05) is 30.3 Å². The summed E-state index contributed by atoms with van der Waals surface area (Å²) in [5, 5.41) is 3.00. The van der Waals surface area contributed by atoms with E-state index in [0.29, 0.717) is 11.5 Å². The number of fused-ring (bicyclic) bond motifs is 1. The third-order valence-corrected chi connectivity index (χ3v) is 4.82. The van der Waals surface area contributed by atoms with Gasteiger partial charge in [0.05, 0.1) is 11.0 Å². The van der Waals surface area contributed by atoms with Gasteiger partial charge in [-0.25, -0.2) is 9.97 Å². The number of para-hydroxylation sites is 3. The minimum absolute atomic E-state index is 0.210. The Morgan fingerprint density at radius 2 is 1.58 bits per heavy atom. The molecule has 132 valence electrons. The number of anilines is 2. The maximum Gasteiger partial charge on any atom is 0.278 e. The molecular formula is C21H22N4O. The number of aromatic nitrogens is 2. The molecule has 1 amide bonds. The summed E-state index contributed by atoms with van der Waals surface area (Å²) >= 11 is 0. The van der Waals surface area contributed by atoms with E-state index < -0.39 is 0 Å². The number of aryl methyl sites for hydroxylation is 1. The fraction of sp³-hybridized carbons (Fsp3) is 0.286. The van der Waals surface area contributed by atoms with Crippen molar-refractivity contribution in [1.82, 2.24) is 9.97 Å². The number of nitrogens with zero attached hydrogens (tertiary/aromatic N) is 3. The highest BCUT2D eigenvalue weighted by atomic mass is 16.1. The van der Waals surface area contributed by atoms with Crippen LogP contribution >= 0.6 is 0 Å². The summed E-state index contributed by atoms with van der Waals surface area (Å²) in [6, 6.07) is 15.5. The number of nitrogens with one attached hydrogen (secondary N) is 1. The number of hydrogen-bond acceptors (Lipinski definition) is 4. The number of piperidine rings is 1. The Morgan fingerprint density at radius 1 is 0.923 bits per heavy atom. The largest absolute Gasteiger partial charge is 0.355 e. The normalized spacial score (nSPS) is 14.4. The first kappa shape index (κ1) is 16.5. The van der Waals surface area contributed by atoms with Crippen LogP contribution in [0.15, 0.2) is 48.5 Å². The third kappa shape index (κ3) is 3.25. The van der Waals surface area contributed by atoms with Gasteiger partial charge in [0.1, 0.15) is 0 Å². The number of amides is 1. The summed E-state index contributed by atoms with van der Waals surface area (Å²) in [4.78, 5) is 24.7. The van der Waals surface area contributed by atoms with Crippen molar-refractivity contribution in [3.63, 3.8) is 0 Å². The second kappa shape index (κ2) is 7.12. The fourth-order valence-electron chi connectivity index (χ4n) is 3.36. The van der Waals surface area contributed by atoms with Crippen LogP contribution in [-0.2, 0) is 0 Å². The Kier molecular flexibility index (Phi) is 4.52. The number of benzene rings is 2. The van der Waals surface area contributed by atoms with E-state index in [9.17, 15) is 4.79 Å². The molecule has 0 radical (unpaired) electrons. The lowest BCUT2D eigenvalue weighted by Gasteiger charge is -2.29. The van der Waals surface area contributed by atoms with E-state index in [1.54, 1.807) is 0 Å². The van der Waals surface area contributed by atoms with Crippen molar-refractivity contribution >= 4 is 28.4 Å². The summed E-state index contributed by atoms with van der Waals surface area (Å²) in [6.45, 7) is 3.81. The zero-order chi connectivity index (χ0) is 17.9. The van der Waals surface area contributed by atoms with Gasteiger partial charge < -0.3 is 10.2 Å². The highest BCUT2D eigenvalue weighted by molar-refractivity contribution is 6.07. The molecule has 5 heteroatoms. The molecule has 0 bridgehead atoms. The Labute approximate surface area is 153 Å². The molecule has 2 heterocycles.